The summed E-state index contributed by atoms with van der Waals surface area (Å²) in [6.07, 6.45) is 6.20. The number of aliphatic hydroxyl groups excluding tert-OH is 1. The molecule has 2 aliphatic heterocycles. The van der Waals surface area contributed by atoms with Crippen molar-refractivity contribution in [3.05, 3.63) is 34.8 Å². The van der Waals surface area contributed by atoms with Gasteiger partial charge in [-0.1, -0.05) is 0 Å². The third-order valence-electron chi connectivity index (χ3n) is 5.00. The van der Waals surface area contributed by atoms with E-state index < -0.39 is 0 Å². The summed E-state index contributed by atoms with van der Waals surface area (Å²) in [7, 11) is 0. The van der Waals surface area contributed by atoms with E-state index in [9.17, 15) is 5.11 Å². The Morgan fingerprint density at radius 3 is 2.70 bits per heavy atom. The Balaban J connectivity index is 1.61. The molecule has 2 fully saturated rings. The lowest BCUT2D eigenvalue weighted by Crippen LogP contribution is -2.33. The van der Waals surface area contributed by atoms with Crippen LogP contribution < -0.4 is 9.80 Å². The van der Waals surface area contributed by atoms with Crippen LogP contribution >= 0.6 is 11.3 Å². The van der Waals surface area contributed by atoms with Crippen LogP contribution in [-0.2, 0) is 0 Å². The van der Waals surface area contributed by atoms with Crippen molar-refractivity contribution in [2.75, 3.05) is 29.5 Å². The van der Waals surface area contributed by atoms with Crippen LogP contribution in [0.15, 0.2) is 29.2 Å². The maximum Gasteiger partial charge on any atom is 0.134 e. The normalized spacial score (nSPS) is 24.6. The Bertz CT molecular complexity index is 648. The first kappa shape index (κ1) is 14.9. The van der Waals surface area contributed by atoms with Crippen molar-refractivity contribution < 1.29 is 5.11 Å². The average molecular weight is 330 g/mol. The largest absolute Gasteiger partial charge is 0.394 e. The number of hydrogen-bond donors (Lipinski definition) is 1. The van der Waals surface area contributed by atoms with Crippen LogP contribution in [0.4, 0.5) is 11.6 Å². The molecule has 0 radical (unpaired) electrons. The number of anilines is 2. The van der Waals surface area contributed by atoms with Crippen molar-refractivity contribution in [1.29, 1.82) is 0 Å². The summed E-state index contributed by atoms with van der Waals surface area (Å²) in [6, 6.07) is 4.94. The van der Waals surface area contributed by atoms with Gasteiger partial charge in [-0.15, -0.1) is 0 Å². The third-order valence-corrected chi connectivity index (χ3v) is 5.70. The summed E-state index contributed by atoms with van der Waals surface area (Å²) in [4.78, 5) is 13.6. The first-order valence-electron chi connectivity index (χ1n) is 8.35. The van der Waals surface area contributed by atoms with Crippen LogP contribution in [0.3, 0.4) is 0 Å². The van der Waals surface area contributed by atoms with E-state index in [1.807, 2.05) is 0 Å². The van der Waals surface area contributed by atoms with Crippen LogP contribution in [0.25, 0.3) is 0 Å². The number of thiophene rings is 1. The Hall–Kier alpha value is -1.66. The smallest absolute Gasteiger partial charge is 0.134 e. The number of hydrogen-bond acceptors (Lipinski definition) is 6. The van der Waals surface area contributed by atoms with Crippen molar-refractivity contribution >= 4 is 23.0 Å². The van der Waals surface area contributed by atoms with Gasteiger partial charge in [-0.2, -0.15) is 11.3 Å². The highest BCUT2D eigenvalue weighted by molar-refractivity contribution is 7.08. The standard InChI is InChI=1S/C17H22N4OS/c22-10-14-3-1-6-20(14)16-9-17(19-12-18-16)21-7-2-4-15(21)13-5-8-23-11-13/h5,8-9,11-12,14-15,22H,1-4,6-7,10H2. The van der Waals surface area contributed by atoms with Crippen LogP contribution in [0.1, 0.15) is 37.3 Å². The van der Waals surface area contributed by atoms with Crippen molar-refractivity contribution in [1.82, 2.24) is 9.97 Å². The molecule has 5 nitrogen and oxygen atoms in total. The zero-order valence-electron chi connectivity index (χ0n) is 13.1. The van der Waals surface area contributed by atoms with Crippen LogP contribution in [-0.4, -0.2) is 40.8 Å². The lowest BCUT2D eigenvalue weighted by Gasteiger charge is -2.28. The third kappa shape index (κ3) is 2.81. The van der Waals surface area contributed by atoms with E-state index in [-0.39, 0.29) is 12.6 Å². The van der Waals surface area contributed by atoms with E-state index in [2.05, 4.69) is 42.7 Å². The molecule has 0 amide bonds. The van der Waals surface area contributed by atoms with E-state index in [1.165, 1.54) is 18.4 Å². The fourth-order valence-electron chi connectivity index (χ4n) is 3.83. The molecule has 0 bridgehead atoms. The fourth-order valence-corrected chi connectivity index (χ4v) is 4.54. The molecule has 0 aromatic carbocycles. The molecule has 4 heterocycles. The molecule has 2 unspecified atom stereocenters. The Kier molecular flexibility index (Phi) is 4.18. The van der Waals surface area contributed by atoms with Gasteiger partial charge in [0.05, 0.1) is 18.7 Å². The van der Waals surface area contributed by atoms with Gasteiger partial charge >= 0.3 is 0 Å². The predicted molar refractivity (Wildman–Crippen MR) is 93.1 cm³/mol. The second-order valence-electron chi connectivity index (χ2n) is 6.31. The summed E-state index contributed by atoms with van der Waals surface area (Å²) >= 11 is 1.76. The molecule has 122 valence electrons. The molecule has 1 N–H and O–H groups in total. The number of rotatable bonds is 4. The molecular formula is C17H22N4OS. The van der Waals surface area contributed by atoms with Gasteiger partial charge in [0.2, 0.25) is 0 Å². The molecule has 6 heteroatoms. The Morgan fingerprint density at radius 2 is 1.91 bits per heavy atom. The zero-order valence-corrected chi connectivity index (χ0v) is 14.0. The first-order valence-corrected chi connectivity index (χ1v) is 9.29. The van der Waals surface area contributed by atoms with E-state index in [0.29, 0.717) is 6.04 Å². The highest BCUT2D eigenvalue weighted by Gasteiger charge is 2.29. The quantitative estimate of drug-likeness (QED) is 0.934. The molecule has 2 aromatic heterocycles. The minimum absolute atomic E-state index is 0.195. The van der Waals surface area contributed by atoms with Gasteiger partial charge in [-0.25, -0.2) is 9.97 Å². The highest BCUT2D eigenvalue weighted by atomic mass is 32.1. The SMILES string of the molecule is OCC1CCCN1c1cc(N2CCCC2c2ccsc2)ncn1. The minimum atomic E-state index is 0.195. The van der Waals surface area contributed by atoms with Gasteiger partial charge in [0.25, 0.3) is 0 Å². The maximum absolute atomic E-state index is 9.55. The van der Waals surface area contributed by atoms with E-state index in [0.717, 1.165) is 37.6 Å². The number of nitrogens with zero attached hydrogens (tertiary/aromatic N) is 4. The Labute approximate surface area is 140 Å². The minimum Gasteiger partial charge on any atom is -0.394 e. The number of aromatic nitrogens is 2. The average Bonchev–Trinajstić information content (AvgIpc) is 3.34. The topological polar surface area (TPSA) is 52.5 Å². The molecule has 0 aliphatic carbocycles. The summed E-state index contributed by atoms with van der Waals surface area (Å²) < 4.78 is 0. The summed E-state index contributed by atoms with van der Waals surface area (Å²) in [5.74, 6) is 1.95. The molecule has 0 spiro atoms. The fraction of sp³-hybridized carbons (Fsp3) is 0.529. The molecule has 23 heavy (non-hydrogen) atoms. The Morgan fingerprint density at radius 1 is 1.13 bits per heavy atom. The second-order valence-corrected chi connectivity index (χ2v) is 7.09. The van der Waals surface area contributed by atoms with Gasteiger partial charge < -0.3 is 14.9 Å². The summed E-state index contributed by atoms with van der Waals surface area (Å²) in [5.41, 5.74) is 1.39. The lowest BCUT2D eigenvalue weighted by atomic mass is 10.1. The monoisotopic (exact) mass is 330 g/mol. The molecular weight excluding hydrogens is 308 g/mol. The van der Waals surface area contributed by atoms with Crippen LogP contribution in [0.2, 0.25) is 0 Å². The van der Waals surface area contributed by atoms with Crippen LogP contribution in [0, 0.1) is 0 Å². The van der Waals surface area contributed by atoms with Crippen molar-refractivity contribution in [2.24, 2.45) is 0 Å². The first-order chi connectivity index (χ1) is 11.4. The highest BCUT2D eigenvalue weighted by Crippen LogP contribution is 2.37. The van der Waals surface area contributed by atoms with E-state index in [1.54, 1.807) is 17.7 Å². The lowest BCUT2D eigenvalue weighted by molar-refractivity contribution is 0.266. The zero-order chi connectivity index (χ0) is 15.6. The molecule has 2 atom stereocenters. The number of aliphatic hydroxyl groups is 1. The van der Waals surface area contributed by atoms with Crippen molar-refractivity contribution in [3.63, 3.8) is 0 Å². The van der Waals surface area contributed by atoms with Crippen LogP contribution in [0.5, 0.6) is 0 Å². The van der Waals surface area contributed by atoms with Gasteiger partial charge in [0.1, 0.15) is 18.0 Å². The van der Waals surface area contributed by atoms with Gasteiger partial charge in [0, 0.05) is 19.2 Å². The van der Waals surface area contributed by atoms with Crippen molar-refractivity contribution in [2.45, 2.75) is 37.8 Å². The molecule has 2 aromatic rings. The summed E-state index contributed by atoms with van der Waals surface area (Å²) in [5, 5.41) is 13.9. The van der Waals surface area contributed by atoms with E-state index in [4.69, 9.17) is 0 Å². The van der Waals surface area contributed by atoms with Gasteiger partial charge in [-0.05, 0) is 48.1 Å². The second kappa shape index (κ2) is 6.45. The molecule has 4 rings (SSSR count). The van der Waals surface area contributed by atoms with Gasteiger partial charge in [-0.3, -0.25) is 0 Å². The van der Waals surface area contributed by atoms with E-state index >= 15 is 0 Å². The van der Waals surface area contributed by atoms with Gasteiger partial charge in [0.15, 0.2) is 0 Å². The molecule has 2 aliphatic rings. The predicted octanol–water partition coefficient (Wildman–Crippen LogP) is 2.84. The molecule has 0 saturated carbocycles. The maximum atomic E-state index is 9.55. The van der Waals surface area contributed by atoms with Crippen molar-refractivity contribution in [3.8, 4) is 0 Å². The summed E-state index contributed by atoms with van der Waals surface area (Å²) in [6.45, 7) is 2.20. The molecule has 2 saturated heterocycles.